The fraction of sp³-hybridized carbons (Fsp3) is 0.233. The zero-order valence-electron chi connectivity index (χ0n) is 20.5. The number of rotatable bonds is 6. The maximum atomic E-state index is 13.6. The van der Waals surface area contributed by atoms with Crippen LogP contribution in [0, 0.1) is 0 Å². The number of H-pyrrole nitrogens is 1. The van der Waals surface area contributed by atoms with Crippen molar-refractivity contribution < 1.29 is 14.4 Å². The van der Waals surface area contributed by atoms with E-state index in [1.165, 1.54) is 0 Å². The van der Waals surface area contributed by atoms with Crippen LogP contribution in [0.1, 0.15) is 45.7 Å². The molecule has 3 heterocycles. The number of aromatic nitrogens is 1. The maximum absolute atomic E-state index is 13.6. The fourth-order valence-electron chi connectivity index (χ4n) is 5.64. The van der Waals surface area contributed by atoms with E-state index in [0.29, 0.717) is 24.9 Å². The third-order valence-corrected chi connectivity index (χ3v) is 7.46. The molecule has 0 aliphatic carbocycles. The van der Waals surface area contributed by atoms with Crippen LogP contribution in [0.5, 0.6) is 0 Å². The van der Waals surface area contributed by atoms with Crippen molar-refractivity contribution in [2.75, 3.05) is 6.54 Å². The monoisotopic (exact) mass is 492 g/mol. The van der Waals surface area contributed by atoms with Crippen LogP contribution >= 0.6 is 0 Å². The molecule has 186 valence electrons. The Hall–Kier alpha value is -4.39. The minimum Gasteiger partial charge on any atom is -0.356 e. The number of hydrogen-bond donors (Lipinski definition) is 3. The molecule has 3 N–H and O–H groups in total. The highest BCUT2D eigenvalue weighted by Crippen LogP contribution is 2.46. The van der Waals surface area contributed by atoms with Gasteiger partial charge in [-0.1, -0.05) is 66.7 Å². The van der Waals surface area contributed by atoms with Gasteiger partial charge in [-0.05, 0) is 42.2 Å². The van der Waals surface area contributed by atoms with Crippen molar-refractivity contribution in [3.63, 3.8) is 0 Å². The average Bonchev–Trinajstić information content (AvgIpc) is 3.44. The number of carbonyl (C=O) groups is 3. The van der Waals surface area contributed by atoms with Crippen molar-refractivity contribution in [2.45, 2.75) is 37.9 Å². The molecule has 6 rings (SSSR count). The van der Waals surface area contributed by atoms with Crippen LogP contribution in [0.2, 0.25) is 0 Å². The molecule has 2 aliphatic rings. The van der Waals surface area contributed by atoms with Gasteiger partial charge < -0.3 is 20.5 Å². The molecular formula is C30H28N4O3. The van der Waals surface area contributed by atoms with Gasteiger partial charge in [-0.15, -0.1) is 0 Å². The molecule has 3 amide bonds. The van der Waals surface area contributed by atoms with Crippen LogP contribution in [-0.2, 0) is 22.4 Å². The first-order valence-corrected chi connectivity index (χ1v) is 12.7. The highest BCUT2D eigenvalue weighted by molar-refractivity contribution is 6.04. The Balaban J connectivity index is 1.24. The number of carbonyl (C=O) groups excluding carboxylic acids is 3. The summed E-state index contributed by atoms with van der Waals surface area (Å²) in [5.41, 5.74) is 5.62. The van der Waals surface area contributed by atoms with Crippen LogP contribution in [0.3, 0.4) is 0 Å². The van der Waals surface area contributed by atoms with E-state index in [4.69, 9.17) is 0 Å². The topological polar surface area (TPSA) is 94.3 Å². The molecule has 7 heteroatoms. The van der Waals surface area contributed by atoms with Crippen molar-refractivity contribution in [2.24, 2.45) is 0 Å². The number of aromatic amines is 1. The Labute approximate surface area is 214 Å². The van der Waals surface area contributed by atoms with Crippen LogP contribution in [0.25, 0.3) is 10.9 Å². The maximum Gasteiger partial charge on any atom is 0.255 e. The summed E-state index contributed by atoms with van der Waals surface area (Å²) in [7, 11) is 0. The first-order chi connectivity index (χ1) is 18.0. The summed E-state index contributed by atoms with van der Waals surface area (Å²) in [6, 6.07) is 23.6. The van der Waals surface area contributed by atoms with Gasteiger partial charge in [0.2, 0.25) is 11.8 Å². The number of hydrogen-bond acceptors (Lipinski definition) is 3. The SMILES string of the molecule is CC(NC(=O)C1Cc2c([nH]c3ccccc23)C2c3ccccc3C(=O)N12)C(=O)NCCc1ccccc1. The first-order valence-electron chi connectivity index (χ1n) is 12.7. The van der Waals surface area contributed by atoms with Crippen molar-refractivity contribution in [1.82, 2.24) is 20.5 Å². The van der Waals surface area contributed by atoms with Crippen LogP contribution in [0.15, 0.2) is 78.9 Å². The molecule has 0 saturated heterocycles. The van der Waals surface area contributed by atoms with Crippen LogP contribution in [0.4, 0.5) is 0 Å². The highest BCUT2D eigenvalue weighted by atomic mass is 16.2. The second kappa shape index (κ2) is 9.24. The van der Waals surface area contributed by atoms with Gasteiger partial charge in [0, 0.05) is 35.1 Å². The summed E-state index contributed by atoms with van der Waals surface area (Å²) in [6.45, 7) is 2.15. The molecular weight excluding hydrogens is 464 g/mol. The number of fused-ring (bicyclic) bond motifs is 7. The fourth-order valence-corrected chi connectivity index (χ4v) is 5.64. The average molecular weight is 493 g/mol. The minimum atomic E-state index is -0.730. The molecule has 1 aromatic heterocycles. The van der Waals surface area contributed by atoms with Crippen molar-refractivity contribution >= 4 is 28.6 Å². The number of amides is 3. The number of benzene rings is 3. The molecule has 0 fully saturated rings. The Bertz CT molecular complexity index is 1510. The summed E-state index contributed by atoms with van der Waals surface area (Å²) in [5, 5.41) is 6.83. The number of para-hydroxylation sites is 1. The molecule has 3 aromatic carbocycles. The zero-order valence-corrected chi connectivity index (χ0v) is 20.5. The Kier molecular flexibility index (Phi) is 5.75. The first kappa shape index (κ1) is 23.0. The zero-order chi connectivity index (χ0) is 25.5. The van der Waals surface area contributed by atoms with Gasteiger partial charge in [0.05, 0.1) is 6.04 Å². The third-order valence-electron chi connectivity index (χ3n) is 7.46. The standard InChI is InChI=1S/C30H28N4O3/c1-18(28(35)31-16-15-19-9-3-2-4-10-19)32-29(36)25-17-23-20-11-7-8-14-24(20)33-26(23)27-21-12-5-6-13-22(21)30(37)34(25)27/h2-14,18,25,27,33H,15-17H2,1H3,(H,31,35)(H,32,36). The summed E-state index contributed by atoms with van der Waals surface area (Å²) < 4.78 is 0. The van der Waals surface area contributed by atoms with Crippen molar-refractivity contribution in [1.29, 1.82) is 0 Å². The van der Waals surface area contributed by atoms with Gasteiger partial charge >= 0.3 is 0 Å². The lowest BCUT2D eigenvalue weighted by atomic mass is 9.90. The molecule has 3 unspecified atom stereocenters. The van der Waals surface area contributed by atoms with Crippen molar-refractivity contribution in [3.8, 4) is 0 Å². The lowest BCUT2D eigenvalue weighted by Gasteiger charge is -2.37. The Morgan fingerprint density at radius 1 is 1.00 bits per heavy atom. The quantitative estimate of drug-likeness (QED) is 0.385. The molecule has 0 bridgehead atoms. The lowest BCUT2D eigenvalue weighted by molar-refractivity contribution is -0.131. The summed E-state index contributed by atoms with van der Waals surface area (Å²) in [6.07, 6.45) is 1.09. The normalized spacial score (nSPS) is 18.6. The molecule has 0 saturated carbocycles. The van der Waals surface area contributed by atoms with Gasteiger partial charge in [-0.2, -0.15) is 0 Å². The summed E-state index contributed by atoms with van der Waals surface area (Å²) >= 11 is 0. The largest absolute Gasteiger partial charge is 0.356 e. The van der Waals surface area contributed by atoms with E-state index in [-0.39, 0.29) is 23.8 Å². The van der Waals surface area contributed by atoms with Gasteiger partial charge in [-0.3, -0.25) is 14.4 Å². The third kappa shape index (κ3) is 3.96. The van der Waals surface area contributed by atoms with E-state index in [1.807, 2.05) is 78.9 Å². The Morgan fingerprint density at radius 2 is 1.73 bits per heavy atom. The Morgan fingerprint density at radius 3 is 2.57 bits per heavy atom. The number of nitrogens with zero attached hydrogens (tertiary/aromatic N) is 1. The second-order valence-electron chi connectivity index (χ2n) is 9.74. The van der Waals surface area contributed by atoms with E-state index in [0.717, 1.165) is 33.3 Å². The predicted molar refractivity (Wildman–Crippen MR) is 141 cm³/mol. The van der Waals surface area contributed by atoms with Crippen LogP contribution in [-0.4, -0.2) is 46.2 Å². The summed E-state index contributed by atoms with van der Waals surface area (Å²) in [4.78, 5) is 45.1. The molecule has 0 radical (unpaired) electrons. The molecule has 3 atom stereocenters. The molecule has 2 aliphatic heterocycles. The van der Waals surface area contributed by atoms with Crippen molar-refractivity contribution in [3.05, 3.63) is 107 Å². The van der Waals surface area contributed by atoms with E-state index in [1.54, 1.807) is 11.8 Å². The summed E-state index contributed by atoms with van der Waals surface area (Å²) in [5.74, 6) is -0.738. The van der Waals surface area contributed by atoms with Gasteiger partial charge in [0.25, 0.3) is 5.91 Å². The smallest absolute Gasteiger partial charge is 0.255 e. The number of nitrogens with one attached hydrogen (secondary N) is 3. The lowest BCUT2D eigenvalue weighted by Crippen LogP contribution is -2.56. The van der Waals surface area contributed by atoms with Gasteiger partial charge in [0.15, 0.2) is 0 Å². The van der Waals surface area contributed by atoms with Crippen LogP contribution < -0.4 is 10.6 Å². The highest BCUT2D eigenvalue weighted by Gasteiger charge is 2.49. The molecule has 0 spiro atoms. The second-order valence-corrected chi connectivity index (χ2v) is 9.74. The molecule has 37 heavy (non-hydrogen) atoms. The molecule has 7 nitrogen and oxygen atoms in total. The van der Waals surface area contributed by atoms with E-state index < -0.39 is 12.1 Å². The van der Waals surface area contributed by atoms with E-state index >= 15 is 0 Å². The van der Waals surface area contributed by atoms with E-state index in [9.17, 15) is 14.4 Å². The minimum absolute atomic E-state index is 0.162. The molecule has 4 aromatic rings. The predicted octanol–water partition coefficient (Wildman–Crippen LogP) is 3.50. The van der Waals surface area contributed by atoms with Gasteiger partial charge in [0.1, 0.15) is 12.1 Å². The van der Waals surface area contributed by atoms with E-state index in [2.05, 4.69) is 15.6 Å². The van der Waals surface area contributed by atoms with Gasteiger partial charge in [-0.25, -0.2) is 0 Å².